The Bertz CT molecular complexity index is 1330. The lowest BCUT2D eigenvalue weighted by atomic mass is 10.1. The van der Waals surface area contributed by atoms with Gasteiger partial charge in [0.15, 0.2) is 0 Å². The molecule has 29 heavy (non-hydrogen) atoms. The number of pyridine rings is 1. The van der Waals surface area contributed by atoms with Gasteiger partial charge in [-0.1, -0.05) is 24.3 Å². The van der Waals surface area contributed by atoms with Crippen LogP contribution in [-0.4, -0.2) is 19.4 Å². The molecule has 2 aromatic carbocycles. The van der Waals surface area contributed by atoms with Crippen LogP contribution in [0, 0.1) is 12.7 Å². The highest BCUT2D eigenvalue weighted by molar-refractivity contribution is 5.88. The molecule has 144 valence electrons. The van der Waals surface area contributed by atoms with Crippen LogP contribution in [0.3, 0.4) is 0 Å². The fraction of sp³-hybridized carbons (Fsp3) is 0.130. The molecule has 2 N–H and O–H groups in total. The van der Waals surface area contributed by atoms with Gasteiger partial charge < -0.3 is 10.3 Å². The third-order valence-corrected chi connectivity index (χ3v) is 5.20. The van der Waals surface area contributed by atoms with E-state index in [1.165, 1.54) is 6.07 Å². The number of hydrogen-bond donors (Lipinski definition) is 2. The number of aromatic nitrogens is 4. The predicted molar refractivity (Wildman–Crippen MR) is 113 cm³/mol. The molecule has 0 spiro atoms. The van der Waals surface area contributed by atoms with E-state index in [0.29, 0.717) is 0 Å². The van der Waals surface area contributed by atoms with E-state index in [1.807, 2.05) is 53.9 Å². The second-order valence-corrected chi connectivity index (χ2v) is 7.21. The van der Waals surface area contributed by atoms with E-state index >= 15 is 0 Å². The van der Waals surface area contributed by atoms with Crippen LogP contribution in [0.25, 0.3) is 27.9 Å². The van der Waals surface area contributed by atoms with E-state index in [0.717, 1.165) is 44.9 Å². The first kappa shape index (κ1) is 17.4. The molecule has 0 bridgehead atoms. The molecule has 0 amide bonds. The molecule has 0 radical (unpaired) electrons. The number of fused-ring (bicyclic) bond motifs is 2. The monoisotopic (exact) mass is 385 g/mol. The van der Waals surface area contributed by atoms with Crippen LogP contribution in [0.15, 0.2) is 67.1 Å². The van der Waals surface area contributed by atoms with Gasteiger partial charge in [-0.15, -0.1) is 0 Å². The topological polar surface area (TPSA) is 58.0 Å². The SMILES string of the molecule is Cc1cccn2c(-c3cccc(F)c3)c(C(C)Nc3cccc4[nH]cnc34)nc12. The average Bonchev–Trinajstić information content (AvgIpc) is 3.34. The summed E-state index contributed by atoms with van der Waals surface area (Å²) in [5.74, 6) is -0.266. The van der Waals surface area contributed by atoms with Crippen molar-refractivity contribution >= 4 is 22.4 Å². The maximum Gasteiger partial charge on any atom is 0.140 e. The minimum Gasteiger partial charge on any atom is -0.375 e. The summed E-state index contributed by atoms with van der Waals surface area (Å²) >= 11 is 0. The highest BCUT2D eigenvalue weighted by Gasteiger charge is 2.21. The van der Waals surface area contributed by atoms with Crippen LogP contribution >= 0.6 is 0 Å². The Hall–Kier alpha value is -3.67. The van der Waals surface area contributed by atoms with Crippen molar-refractivity contribution < 1.29 is 4.39 Å². The third-order valence-electron chi connectivity index (χ3n) is 5.20. The van der Waals surface area contributed by atoms with Gasteiger partial charge in [0, 0.05) is 11.8 Å². The first-order valence-electron chi connectivity index (χ1n) is 9.54. The van der Waals surface area contributed by atoms with Crippen molar-refractivity contribution in [2.24, 2.45) is 0 Å². The summed E-state index contributed by atoms with van der Waals surface area (Å²) in [5.41, 5.74) is 7.26. The van der Waals surface area contributed by atoms with Crippen LogP contribution in [0.2, 0.25) is 0 Å². The number of imidazole rings is 2. The van der Waals surface area contributed by atoms with Crippen LogP contribution in [0.5, 0.6) is 0 Å². The van der Waals surface area contributed by atoms with Crippen molar-refractivity contribution in [2.75, 3.05) is 5.32 Å². The minimum absolute atomic E-state index is 0.116. The molecular weight excluding hydrogens is 365 g/mol. The zero-order valence-electron chi connectivity index (χ0n) is 16.1. The molecule has 0 fully saturated rings. The summed E-state index contributed by atoms with van der Waals surface area (Å²) in [6, 6.07) is 16.5. The zero-order chi connectivity index (χ0) is 20.0. The summed E-state index contributed by atoms with van der Waals surface area (Å²) in [7, 11) is 0. The number of hydrogen-bond acceptors (Lipinski definition) is 3. The second kappa shape index (κ2) is 6.74. The summed E-state index contributed by atoms with van der Waals surface area (Å²) in [4.78, 5) is 12.5. The van der Waals surface area contributed by atoms with Crippen LogP contribution in [0.1, 0.15) is 24.2 Å². The molecule has 6 heteroatoms. The number of aromatic amines is 1. The lowest BCUT2D eigenvalue weighted by Gasteiger charge is -2.16. The van der Waals surface area contributed by atoms with Gasteiger partial charge >= 0.3 is 0 Å². The largest absolute Gasteiger partial charge is 0.375 e. The van der Waals surface area contributed by atoms with Crippen molar-refractivity contribution in [1.82, 2.24) is 19.4 Å². The fourth-order valence-electron chi connectivity index (χ4n) is 3.83. The molecule has 0 aliphatic heterocycles. The lowest BCUT2D eigenvalue weighted by Crippen LogP contribution is -2.09. The number of H-pyrrole nitrogens is 1. The summed E-state index contributed by atoms with van der Waals surface area (Å²) in [5, 5.41) is 3.54. The van der Waals surface area contributed by atoms with Crippen LogP contribution < -0.4 is 5.32 Å². The summed E-state index contributed by atoms with van der Waals surface area (Å²) < 4.78 is 16.0. The zero-order valence-corrected chi connectivity index (χ0v) is 16.1. The van der Waals surface area contributed by atoms with E-state index in [4.69, 9.17) is 4.98 Å². The van der Waals surface area contributed by atoms with Gasteiger partial charge in [-0.3, -0.25) is 4.40 Å². The van der Waals surface area contributed by atoms with Crippen molar-refractivity contribution in [3.63, 3.8) is 0 Å². The van der Waals surface area contributed by atoms with Crippen molar-refractivity contribution in [3.05, 3.63) is 84.2 Å². The quantitative estimate of drug-likeness (QED) is 0.430. The van der Waals surface area contributed by atoms with Crippen molar-refractivity contribution in [3.8, 4) is 11.3 Å². The van der Waals surface area contributed by atoms with E-state index in [2.05, 4.69) is 22.2 Å². The number of aryl methyl sites for hydroxylation is 1. The van der Waals surface area contributed by atoms with E-state index in [1.54, 1.807) is 18.5 Å². The Morgan fingerprint density at radius 3 is 2.83 bits per heavy atom. The highest BCUT2D eigenvalue weighted by atomic mass is 19.1. The molecule has 0 aliphatic rings. The maximum absolute atomic E-state index is 14.0. The smallest absolute Gasteiger partial charge is 0.140 e. The molecule has 3 aromatic heterocycles. The highest BCUT2D eigenvalue weighted by Crippen LogP contribution is 2.33. The molecule has 5 nitrogen and oxygen atoms in total. The first-order valence-corrected chi connectivity index (χ1v) is 9.54. The van der Waals surface area contributed by atoms with E-state index in [-0.39, 0.29) is 11.9 Å². The molecule has 5 rings (SSSR count). The minimum atomic E-state index is -0.266. The second-order valence-electron chi connectivity index (χ2n) is 7.21. The number of rotatable bonds is 4. The molecule has 5 aromatic rings. The van der Waals surface area contributed by atoms with Gasteiger partial charge in [0.05, 0.1) is 35.0 Å². The molecule has 0 saturated heterocycles. The van der Waals surface area contributed by atoms with Gasteiger partial charge in [0.1, 0.15) is 17.0 Å². The normalized spacial score (nSPS) is 12.5. The first-order chi connectivity index (χ1) is 14.1. The van der Waals surface area contributed by atoms with E-state index < -0.39 is 0 Å². The standard InChI is InChI=1S/C23H20FN5/c1-14-6-5-11-29-22(16-7-3-8-17(24)12-16)20(28-23(14)29)15(2)27-19-10-4-9-18-21(19)26-13-25-18/h3-13,15,27H,1-2H3,(H,25,26). The van der Waals surface area contributed by atoms with Crippen molar-refractivity contribution in [1.29, 1.82) is 0 Å². The van der Waals surface area contributed by atoms with E-state index in [9.17, 15) is 4.39 Å². The Morgan fingerprint density at radius 2 is 1.97 bits per heavy atom. The Balaban J connectivity index is 1.67. The van der Waals surface area contributed by atoms with Crippen LogP contribution in [-0.2, 0) is 0 Å². The average molecular weight is 385 g/mol. The maximum atomic E-state index is 14.0. The Morgan fingerprint density at radius 1 is 1.10 bits per heavy atom. The van der Waals surface area contributed by atoms with Gasteiger partial charge in [-0.2, -0.15) is 0 Å². The number of nitrogens with zero attached hydrogens (tertiary/aromatic N) is 3. The number of para-hydroxylation sites is 1. The van der Waals surface area contributed by atoms with Gasteiger partial charge in [-0.05, 0) is 49.7 Å². The Kier molecular flexibility index (Phi) is 4.05. The molecule has 0 aliphatic carbocycles. The molecule has 3 heterocycles. The lowest BCUT2D eigenvalue weighted by molar-refractivity contribution is 0.628. The van der Waals surface area contributed by atoms with Gasteiger partial charge in [0.2, 0.25) is 0 Å². The number of nitrogens with one attached hydrogen (secondary N) is 2. The Labute approximate surface area is 167 Å². The van der Waals surface area contributed by atoms with Crippen LogP contribution in [0.4, 0.5) is 10.1 Å². The van der Waals surface area contributed by atoms with Gasteiger partial charge in [0.25, 0.3) is 0 Å². The predicted octanol–water partition coefficient (Wildman–Crippen LogP) is 5.50. The molecule has 1 atom stereocenters. The summed E-state index contributed by atoms with van der Waals surface area (Å²) in [6.07, 6.45) is 3.66. The third kappa shape index (κ3) is 2.93. The number of halogens is 1. The molecular formula is C23H20FN5. The molecule has 0 saturated carbocycles. The number of benzene rings is 2. The summed E-state index contributed by atoms with van der Waals surface area (Å²) in [6.45, 7) is 4.09. The van der Waals surface area contributed by atoms with Crippen molar-refractivity contribution in [2.45, 2.75) is 19.9 Å². The molecule has 1 unspecified atom stereocenters. The van der Waals surface area contributed by atoms with Gasteiger partial charge in [-0.25, -0.2) is 14.4 Å². The number of anilines is 1. The fourth-order valence-corrected chi connectivity index (χ4v) is 3.83.